The van der Waals surface area contributed by atoms with Crippen molar-refractivity contribution < 1.29 is 9.59 Å². The fourth-order valence-electron chi connectivity index (χ4n) is 3.28. The molecule has 2 N–H and O–H groups in total. The van der Waals surface area contributed by atoms with Gasteiger partial charge in [-0.3, -0.25) is 15.0 Å². The molecule has 3 amide bonds. The number of nitrogens with one attached hydrogen (secondary N) is 2. The van der Waals surface area contributed by atoms with E-state index in [2.05, 4.69) is 32.6 Å². The summed E-state index contributed by atoms with van der Waals surface area (Å²) in [6, 6.07) is 18.9. The summed E-state index contributed by atoms with van der Waals surface area (Å²) in [4.78, 5) is 28.8. The summed E-state index contributed by atoms with van der Waals surface area (Å²) in [5, 5.41) is 4.86. The van der Waals surface area contributed by atoms with E-state index in [0.717, 1.165) is 31.7 Å². The average Bonchev–Trinajstić information content (AvgIpc) is 2.70. The van der Waals surface area contributed by atoms with Gasteiger partial charge < -0.3 is 10.2 Å². The van der Waals surface area contributed by atoms with Gasteiger partial charge in [0.25, 0.3) is 0 Å². The smallest absolute Gasteiger partial charge is 0.321 e. The van der Waals surface area contributed by atoms with Crippen molar-refractivity contribution >= 4 is 17.6 Å². The van der Waals surface area contributed by atoms with Crippen LogP contribution in [-0.2, 0) is 4.79 Å². The van der Waals surface area contributed by atoms with Gasteiger partial charge in [0.2, 0.25) is 5.91 Å². The SMILES string of the molecule is CNC(=O)NC(=O)[C@H](c1ccccc1)N1CCN(c2ccccc2)CC1. The van der Waals surface area contributed by atoms with E-state index in [1.54, 1.807) is 0 Å². The van der Waals surface area contributed by atoms with Crippen LogP contribution in [-0.4, -0.2) is 50.1 Å². The maximum absolute atomic E-state index is 12.7. The third kappa shape index (κ3) is 4.21. The van der Waals surface area contributed by atoms with Crippen LogP contribution >= 0.6 is 0 Å². The standard InChI is InChI=1S/C20H24N4O2/c1-21-20(26)22-19(25)18(16-8-4-2-5-9-16)24-14-12-23(13-15-24)17-10-6-3-7-11-17/h2-11,18H,12-15H2,1H3,(H2,21,22,25,26)/t18-/m0/s1. The van der Waals surface area contributed by atoms with E-state index in [-0.39, 0.29) is 5.91 Å². The van der Waals surface area contributed by atoms with Gasteiger partial charge in [-0.2, -0.15) is 0 Å². The Morgan fingerprint density at radius 1 is 0.885 bits per heavy atom. The first-order valence-corrected chi connectivity index (χ1v) is 8.80. The molecular formula is C20H24N4O2. The van der Waals surface area contributed by atoms with Crippen molar-refractivity contribution in [3.63, 3.8) is 0 Å². The van der Waals surface area contributed by atoms with Crippen molar-refractivity contribution in [2.24, 2.45) is 0 Å². The minimum absolute atomic E-state index is 0.302. The van der Waals surface area contributed by atoms with Crippen molar-refractivity contribution in [3.8, 4) is 0 Å². The number of benzene rings is 2. The maximum Gasteiger partial charge on any atom is 0.321 e. The number of carbonyl (C=O) groups excluding carboxylic acids is 2. The Balaban J connectivity index is 1.74. The van der Waals surface area contributed by atoms with Crippen LogP contribution in [0, 0.1) is 0 Å². The summed E-state index contributed by atoms with van der Waals surface area (Å²) in [6.07, 6.45) is 0. The molecule has 0 saturated carbocycles. The monoisotopic (exact) mass is 352 g/mol. The Labute approximate surface area is 153 Å². The predicted octanol–water partition coefficient (Wildman–Crippen LogP) is 2.01. The minimum Gasteiger partial charge on any atom is -0.369 e. The fraction of sp³-hybridized carbons (Fsp3) is 0.300. The van der Waals surface area contributed by atoms with Gasteiger partial charge in [0.15, 0.2) is 0 Å². The molecule has 0 radical (unpaired) electrons. The van der Waals surface area contributed by atoms with Gasteiger partial charge in [-0.05, 0) is 17.7 Å². The Bertz CT molecular complexity index is 728. The Morgan fingerprint density at radius 3 is 2.04 bits per heavy atom. The summed E-state index contributed by atoms with van der Waals surface area (Å²) in [5.74, 6) is -0.302. The molecule has 0 spiro atoms. The summed E-state index contributed by atoms with van der Waals surface area (Å²) in [6.45, 7) is 3.16. The lowest BCUT2D eigenvalue weighted by Crippen LogP contribution is -2.52. The van der Waals surface area contributed by atoms with Crippen LogP contribution < -0.4 is 15.5 Å². The van der Waals surface area contributed by atoms with E-state index < -0.39 is 12.1 Å². The molecule has 26 heavy (non-hydrogen) atoms. The second-order valence-electron chi connectivity index (χ2n) is 6.24. The highest BCUT2D eigenvalue weighted by Crippen LogP contribution is 2.24. The normalized spacial score (nSPS) is 16.0. The highest BCUT2D eigenvalue weighted by Gasteiger charge is 2.31. The van der Waals surface area contributed by atoms with Crippen molar-refractivity contribution in [2.45, 2.75) is 6.04 Å². The molecule has 2 aromatic carbocycles. The molecule has 0 aliphatic carbocycles. The van der Waals surface area contributed by atoms with E-state index in [1.165, 1.54) is 12.7 Å². The molecule has 1 saturated heterocycles. The molecular weight excluding hydrogens is 328 g/mol. The zero-order valence-electron chi connectivity index (χ0n) is 14.9. The second-order valence-corrected chi connectivity index (χ2v) is 6.24. The first-order valence-electron chi connectivity index (χ1n) is 8.80. The maximum atomic E-state index is 12.7. The van der Waals surface area contributed by atoms with Gasteiger partial charge in [-0.1, -0.05) is 48.5 Å². The van der Waals surface area contributed by atoms with E-state index in [9.17, 15) is 9.59 Å². The first kappa shape index (κ1) is 17.9. The molecule has 0 bridgehead atoms. The van der Waals surface area contributed by atoms with Gasteiger partial charge in [0.05, 0.1) is 0 Å². The molecule has 1 fully saturated rings. The molecule has 3 rings (SSSR count). The summed E-state index contributed by atoms with van der Waals surface area (Å²) >= 11 is 0. The van der Waals surface area contributed by atoms with Crippen molar-refractivity contribution in [3.05, 3.63) is 66.2 Å². The van der Waals surface area contributed by atoms with Crippen LogP contribution in [0.25, 0.3) is 0 Å². The Morgan fingerprint density at radius 2 is 1.46 bits per heavy atom. The second kappa shape index (κ2) is 8.49. The molecule has 1 aliphatic heterocycles. The number of urea groups is 1. The van der Waals surface area contributed by atoms with Crippen LogP contribution in [0.1, 0.15) is 11.6 Å². The van der Waals surface area contributed by atoms with Gasteiger partial charge >= 0.3 is 6.03 Å². The molecule has 6 heteroatoms. The number of imide groups is 1. The topological polar surface area (TPSA) is 64.7 Å². The van der Waals surface area contributed by atoms with Crippen LogP contribution in [0.2, 0.25) is 0 Å². The fourth-order valence-corrected chi connectivity index (χ4v) is 3.28. The molecule has 0 aromatic heterocycles. The number of para-hydroxylation sites is 1. The Kier molecular flexibility index (Phi) is 5.86. The molecule has 1 atom stereocenters. The van der Waals surface area contributed by atoms with Crippen molar-refractivity contribution in [1.29, 1.82) is 0 Å². The van der Waals surface area contributed by atoms with Crippen LogP contribution in [0.4, 0.5) is 10.5 Å². The Hall–Kier alpha value is -2.86. The quantitative estimate of drug-likeness (QED) is 0.883. The van der Waals surface area contributed by atoms with Gasteiger partial charge in [-0.25, -0.2) is 4.79 Å². The lowest BCUT2D eigenvalue weighted by molar-refractivity contribution is -0.125. The lowest BCUT2D eigenvalue weighted by atomic mass is 10.0. The number of carbonyl (C=O) groups is 2. The first-order chi connectivity index (χ1) is 12.7. The minimum atomic E-state index is -0.487. The zero-order chi connectivity index (χ0) is 18.4. The highest BCUT2D eigenvalue weighted by molar-refractivity contribution is 5.97. The van der Waals surface area contributed by atoms with Crippen LogP contribution in [0.3, 0.4) is 0 Å². The molecule has 1 aliphatic rings. The van der Waals surface area contributed by atoms with Crippen LogP contribution in [0.5, 0.6) is 0 Å². The van der Waals surface area contributed by atoms with E-state index in [1.807, 2.05) is 48.5 Å². The number of hydrogen-bond donors (Lipinski definition) is 2. The molecule has 0 unspecified atom stereocenters. The largest absolute Gasteiger partial charge is 0.369 e. The molecule has 136 valence electrons. The van der Waals surface area contributed by atoms with Crippen molar-refractivity contribution in [2.75, 3.05) is 38.1 Å². The molecule has 6 nitrogen and oxygen atoms in total. The number of hydrogen-bond acceptors (Lipinski definition) is 4. The van der Waals surface area contributed by atoms with E-state index >= 15 is 0 Å². The summed E-state index contributed by atoms with van der Waals surface area (Å²) in [5.41, 5.74) is 2.08. The summed E-state index contributed by atoms with van der Waals surface area (Å²) in [7, 11) is 1.50. The number of anilines is 1. The third-order valence-electron chi connectivity index (χ3n) is 4.63. The van der Waals surface area contributed by atoms with E-state index in [4.69, 9.17) is 0 Å². The number of rotatable bonds is 4. The summed E-state index contributed by atoms with van der Waals surface area (Å²) < 4.78 is 0. The zero-order valence-corrected chi connectivity index (χ0v) is 14.9. The van der Waals surface area contributed by atoms with E-state index in [0.29, 0.717) is 0 Å². The third-order valence-corrected chi connectivity index (χ3v) is 4.63. The predicted molar refractivity (Wildman–Crippen MR) is 102 cm³/mol. The highest BCUT2D eigenvalue weighted by atomic mass is 16.2. The average molecular weight is 352 g/mol. The van der Waals surface area contributed by atoms with Gasteiger partial charge in [0, 0.05) is 38.9 Å². The van der Waals surface area contributed by atoms with Crippen LogP contribution in [0.15, 0.2) is 60.7 Å². The molecule has 2 aromatic rings. The van der Waals surface area contributed by atoms with Gasteiger partial charge in [0.1, 0.15) is 6.04 Å². The van der Waals surface area contributed by atoms with Gasteiger partial charge in [-0.15, -0.1) is 0 Å². The molecule has 1 heterocycles. The van der Waals surface area contributed by atoms with Crippen molar-refractivity contribution in [1.82, 2.24) is 15.5 Å². The number of amides is 3. The number of nitrogens with zero attached hydrogens (tertiary/aromatic N) is 2. The lowest BCUT2D eigenvalue weighted by Gasteiger charge is -2.39. The number of piperazine rings is 1.